The van der Waals surface area contributed by atoms with Crippen molar-refractivity contribution in [2.75, 3.05) is 13.1 Å². The molecule has 1 fully saturated rings. The Morgan fingerprint density at radius 2 is 1.87 bits per heavy atom. The standard InChI is InChI=1S/C17H23FN2O2S/c1-11(14-5-3-4-6-15(14)18)23-12(2)17(22)20-9-7-13(8-10-20)16(19)21/h3-6,11-13H,7-10H2,1-2H3,(H2,19,21)/t11-,12+/m0/s1. The van der Waals surface area contributed by atoms with E-state index in [9.17, 15) is 14.0 Å². The summed E-state index contributed by atoms with van der Waals surface area (Å²) in [5.41, 5.74) is 5.93. The number of hydrogen-bond donors (Lipinski definition) is 1. The third-order valence-electron chi connectivity index (χ3n) is 4.31. The van der Waals surface area contributed by atoms with Crippen molar-refractivity contribution in [3.63, 3.8) is 0 Å². The van der Waals surface area contributed by atoms with Gasteiger partial charge in [0.25, 0.3) is 0 Å². The average molecular weight is 338 g/mol. The lowest BCUT2D eigenvalue weighted by Gasteiger charge is -2.32. The van der Waals surface area contributed by atoms with Crippen molar-refractivity contribution in [1.82, 2.24) is 4.90 Å². The predicted octanol–water partition coefficient (Wildman–Crippen LogP) is 2.73. The Balaban J connectivity index is 1.90. The van der Waals surface area contributed by atoms with E-state index in [2.05, 4.69) is 0 Å². The molecular formula is C17H23FN2O2S. The van der Waals surface area contributed by atoms with Gasteiger partial charge in [0.05, 0.1) is 5.25 Å². The van der Waals surface area contributed by atoms with Crippen molar-refractivity contribution in [2.24, 2.45) is 11.7 Å². The molecule has 4 nitrogen and oxygen atoms in total. The zero-order valence-electron chi connectivity index (χ0n) is 13.5. The number of benzene rings is 1. The molecule has 2 amide bonds. The van der Waals surface area contributed by atoms with Gasteiger partial charge < -0.3 is 10.6 Å². The lowest BCUT2D eigenvalue weighted by Crippen LogP contribution is -2.44. The molecule has 0 spiro atoms. The maximum absolute atomic E-state index is 13.8. The molecule has 1 aliphatic heterocycles. The Hall–Kier alpha value is -1.56. The van der Waals surface area contributed by atoms with E-state index in [4.69, 9.17) is 5.73 Å². The zero-order valence-corrected chi connectivity index (χ0v) is 14.3. The number of thioether (sulfide) groups is 1. The minimum Gasteiger partial charge on any atom is -0.369 e. The molecule has 23 heavy (non-hydrogen) atoms. The number of hydrogen-bond acceptors (Lipinski definition) is 3. The van der Waals surface area contributed by atoms with Crippen molar-refractivity contribution in [2.45, 2.75) is 37.2 Å². The lowest BCUT2D eigenvalue weighted by atomic mass is 9.96. The molecule has 2 atom stereocenters. The summed E-state index contributed by atoms with van der Waals surface area (Å²) in [5, 5.41) is -0.354. The summed E-state index contributed by atoms with van der Waals surface area (Å²) in [5.74, 6) is -0.609. The van der Waals surface area contributed by atoms with Crippen LogP contribution in [0.5, 0.6) is 0 Å². The topological polar surface area (TPSA) is 63.4 Å². The highest BCUT2D eigenvalue weighted by atomic mass is 32.2. The Labute approximate surface area is 140 Å². The highest BCUT2D eigenvalue weighted by Gasteiger charge is 2.29. The van der Waals surface area contributed by atoms with Gasteiger partial charge in [0.2, 0.25) is 11.8 Å². The fourth-order valence-electron chi connectivity index (χ4n) is 2.88. The molecule has 1 heterocycles. The second-order valence-electron chi connectivity index (χ2n) is 5.94. The third-order valence-corrected chi connectivity index (χ3v) is 5.58. The van der Waals surface area contributed by atoms with Crippen molar-refractivity contribution in [1.29, 1.82) is 0 Å². The number of piperidine rings is 1. The quantitative estimate of drug-likeness (QED) is 0.898. The van der Waals surface area contributed by atoms with E-state index in [0.29, 0.717) is 31.5 Å². The second-order valence-corrected chi connectivity index (χ2v) is 7.63. The number of primary amides is 1. The first kappa shape index (κ1) is 17.8. The first-order chi connectivity index (χ1) is 10.9. The van der Waals surface area contributed by atoms with Crippen molar-refractivity contribution in [3.8, 4) is 0 Å². The van der Waals surface area contributed by atoms with E-state index in [0.717, 1.165) is 0 Å². The van der Waals surface area contributed by atoms with E-state index in [1.165, 1.54) is 17.8 Å². The van der Waals surface area contributed by atoms with Gasteiger partial charge in [-0.15, -0.1) is 11.8 Å². The number of nitrogens with zero attached hydrogens (tertiary/aromatic N) is 1. The summed E-state index contributed by atoms with van der Waals surface area (Å²) in [6, 6.07) is 6.65. The third kappa shape index (κ3) is 4.47. The van der Waals surface area contributed by atoms with Crippen LogP contribution in [0.3, 0.4) is 0 Å². The van der Waals surface area contributed by atoms with Gasteiger partial charge in [0.1, 0.15) is 5.82 Å². The molecule has 1 saturated heterocycles. The number of carbonyl (C=O) groups excluding carboxylic acids is 2. The molecular weight excluding hydrogens is 315 g/mol. The molecule has 0 aromatic heterocycles. The van der Waals surface area contributed by atoms with E-state index >= 15 is 0 Å². The van der Waals surface area contributed by atoms with Crippen molar-refractivity contribution < 1.29 is 14.0 Å². The van der Waals surface area contributed by atoms with Crippen molar-refractivity contribution in [3.05, 3.63) is 35.6 Å². The minimum atomic E-state index is -0.285. The van der Waals surface area contributed by atoms with Crippen LogP contribution >= 0.6 is 11.8 Å². The Morgan fingerprint density at radius 1 is 1.26 bits per heavy atom. The first-order valence-electron chi connectivity index (χ1n) is 7.88. The number of halogens is 1. The fourth-order valence-corrected chi connectivity index (χ4v) is 4.10. The molecule has 1 aliphatic rings. The maximum atomic E-state index is 13.8. The van der Waals surface area contributed by atoms with Gasteiger partial charge in [-0.1, -0.05) is 18.2 Å². The van der Waals surface area contributed by atoms with Crippen LogP contribution in [0.1, 0.15) is 37.5 Å². The molecule has 1 aromatic rings. The molecule has 2 rings (SSSR count). The summed E-state index contributed by atoms with van der Waals surface area (Å²) in [6.07, 6.45) is 1.25. The van der Waals surface area contributed by atoms with Crippen molar-refractivity contribution >= 4 is 23.6 Å². The summed E-state index contributed by atoms with van der Waals surface area (Å²) in [4.78, 5) is 25.5. The van der Waals surface area contributed by atoms with E-state index < -0.39 is 0 Å². The monoisotopic (exact) mass is 338 g/mol. The lowest BCUT2D eigenvalue weighted by molar-refractivity contribution is -0.134. The van der Waals surface area contributed by atoms with Crippen LogP contribution in [0.4, 0.5) is 4.39 Å². The largest absolute Gasteiger partial charge is 0.369 e. The highest BCUT2D eigenvalue weighted by Crippen LogP contribution is 2.34. The molecule has 0 unspecified atom stereocenters. The first-order valence-corrected chi connectivity index (χ1v) is 8.82. The summed E-state index contributed by atoms with van der Waals surface area (Å²) < 4.78 is 13.8. The molecule has 0 bridgehead atoms. The van der Waals surface area contributed by atoms with Gasteiger partial charge in [-0.25, -0.2) is 4.39 Å². The minimum absolute atomic E-state index is 0.0427. The zero-order chi connectivity index (χ0) is 17.0. The molecule has 0 aliphatic carbocycles. The van der Waals surface area contributed by atoms with E-state index in [-0.39, 0.29) is 34.0 Å². The molecule has 0 radical (unpaired) electrons. The van der Waals surface area contributed by atoms with Gasteiger partial charge in [-0.3, -0.25) is 9.59 Å². The number of nitrogens with two attached hydrogens (primary N) is 1. The molecule has 2 N–H and O–H groups in total. The van der Waals surface area contributed by atoms with Gasteiger partial charge in [-0.2, -0.15) is 0 Å². The highest BCUT2D eigenvalue weighted by molar-refractivity contribution is 8.00. The number of likely N-dealkylation sites (tertiary alicyclic amines) is 1. The Bertz CT molecular complexity index is 573. The van der Waals surface area contributed by atoms with Crippen LogP contribution in [0.2, 0.25) is 0 Å². The maximum Gasteiger partial charge on any atom is 0.235 e. The van der Waals surface area contributed by atoms with Crippen LogP contribution in [-0.2, 0) is 9.59 Å². The van der Waals surface area contributed by atoms with Crippen LogP contribution in [0.15, 0.2) is 24.3 Å². The molecule has 6 heteroatoms. The van der Waals surface area contributed by atoms with Gasteiger partial charge in [0.15, 0.2) is 0 Å². The van der Waals surface area contributed by atoms with Crippen LogP contribution in [0, 0.1) is 11.7 Å². The summed E-state index contributed by atoms with van der Waals surface area (Å²) in [6.45, 7) is 4.88. The summed E-state index contributed by atoms with van der Waals surface area (Å²) in [7, 11) is 0. The van der Waals surface area contributed by atoms with Gasteiger partial charge >= 0.3 is 0 Å². The predicted molar refractivity (Wildman–Crippen MR) is 90.4 cm³/mol. The van der Waals surface area contributed by atoms with Crippen LogP contribution in [0.25, 0.3) is 0 Å². The number of amides is 2. The fraction of sp³-hybridized carbons (Fsp3) is 0.529. The van der Waals surface area contributed by atoms with E-state index in [1.54, 1.807) is 23.1 Å². The second kappa shape index (κ2) is 7.81. The smallest absolute Gasteiger partial charge is 0.235 e. The molecule has 126 valence electrons. The van der Waals surface area contributed by atoms with Crippen LogP contribution < -0.4 is 5.73 Å². The number of carbonyl (C=O) groups is 2. The number of rotatable bonds is 5. The van der Waals surface area contributed by atoms with Gasteiger partial charge in [-0.05, 0) is 32.8 Å². The van der Waals surface area contributed by atoms with E-state index in [1.807, 2.05) is 13.8 Å². The Morgan fingerprint density at radius 3 is 2.43 bits per heavy atom. The Kier molecular flexibility index (Phi) is 6.04. The van der Waals surface area contributed by atoms with Crippen LogP contribution in [-0.4, -0.2) is 35.1 Å². The molecule has 0 saturated carbocycles. The SMILES string of the molecule is C[C@H](S[C@H](C)C(=O)N1CCC(C(N)=O)CC1)c1ccccc1F. The normalized spacial score (nSPS) is 18.5. The summed E-state index contributed by atoms with van der Waals surface area (Å²) >= 11 is 1.45. The van der Waals surface area contributed by atoms with Gasteiger partial charge in [0, 0.05) is 29.8 Å². The average Bonchev–Trinajstić information content (AvgIpc) is 2.54. The molecule has 1 aromatic carbocycles.